The molecule has 1 aromatic carbocycles. The van der Waals surface area contributed by atoms with Crippen molar-refractivity contribution in [3.8, 4) is 0 Å². The molecular weight excluding hydrogens is 518 g/mol. The molecule has 2 aromatic rings. The predicted octanol–water partition coefficient (Wildman–Crippen LogP) is 0.752. The number of benzene rings is 1. The summed E-state index contributed by atoms with van der Waals surface area (Å²) < 4.78 is 39.5. The van der Waals surface area contributed by atoms with Crippen LogP contribution in [0.25, 0.3) is 0 Å². The molecule has 3 rings (SSSR count). The quantitative estimate of drug-likeness (QED) is 0.410. The van der Waals surface area contributed by atoms with E-state index in [4.69, 9.17) is 15.2 Å². The highest BCUT2D eigenvalue weighted by atomic mass is 19.1. The predicted molar refractivity (Wildman–Crippen MR) is 133 cm³/mol. The summed E-state index contributed by atoms with van der Waals surface area (Å²) in [5.41, 5.74) is 4.82. The van der Waals surface area contributed by atoms with Crippen LogP contribution in [-0.4, -0.2) is 92.8 Å². The van der Waals surface area contributed by atoms with Crippen LogP contribution in [0.5, 0.6) is 0 Å². The van der Waals surface area contributed by atoms with E-state index in [1.54, 1.807) is 11.9 Å². The van der Waals surface area contributed by atoms with Crippen molar-refractivity contribution in [2.75, 3.05) is 33.4 Å². The number of rotatable bonds is 11. The number of carbonyl (C=O) groups is 3. The molecule has 15 heteroatoms. The molecule has 1 saturated heterocycles. The van der Waals surface area contributed by atoms with Gasteiger partial charge in [-0.3, -0.25) is 9.59 Å². The van der Waals surface area contributed by atoms with Gasteiger partial charge in [-0.15, -0.1) is 5.10 Å². The zero-order chi connectivity index (χ0) is 28.7. The summed E-state index contributed by atoms with van der Waals surface area (Å²) in [6, 6.07) is 2.18. The van der Waals surface area contributed by atoms with E-state index in [1.165, 1.54) is 36.4 Å². The van der Waals surface area contributed by atoms with Crippen molar-refractivity contribution in [2.24, 2.45) is 5.73 Å². The molecule has 214 valence electrons. The molecule has 1 fully saturated rings. The van der Waals surface area contributed by atoms with Crippen LogP contribution in [0.2, 0.25) is 0 Å². The highest BCUT2D eigenvalue weighted by Crippen LogP contribution is 2.17. The van der Waals surface area contributed by atoms with Crippen LogP contribution in [-0.2, 0) is 32.2 Å². The third kappa shape index (κ3) is 8.13. The summed E-state index contributed by atoms with van der Waals surface area (Å²) in [6.45, 7) is 5.01. The van der Waals surface area contributed by atoms with Crippen LogP contribution < -0.4 is 11.1 Å². The lowest BCUT2D eigenvalue weighted by Gasteiger charge is -2.24. The Balaban J connectivity index is 1.61. The van der Waals surface area contributed by atoms with Gasteiger partial charge in [0, 0.05) is 38.7 Å². The van der Waals surface area contributed by atoms with E-state index < -0.39 is 35.2 Å². The molecule has 2 atom stereocenters. The molecule has 2 heterocycles. The number of halogens is 2. The highest BCUT2D eigenvalue weighted by molar-refractivity contribution is 5.85. The first-order chi connectivity index (χ1) is 18.4. The summed E-state index contributed by atoms with van der Waals surface area (Å²) in [4.78, 5) is 39.8. The number of hydrogen-bond acceptors (Lipinski definition) is 9. The van der Waals surface area contributed by atoms with Crippen molar-refractivity contribution in [2.45, 2.75) is 58.0 Å². The second-order valence-corrected chi connectivity index (χ2v) is 9.89. The van der Waals surface area contributed by atoms with Gasteiger partial charge in [0.2, 0.25) is 11.8 Å². The van der Waals surface area contributed by atoms with Crippen LogP contribution in [0.4, 0.5) is 13.6 Å². The largest absolute Gasteiger partial charge is 0.447 e. The van der Waals surface area contributed by atoms with Crippen molar-refractivity contribution in [3.63, 3.8) is 0 Å². The van der Waals surface area contributed by atoms with Gasteiger partial charge in [-0.05, 0) is 36.8 Å². The van der Waals surface area contributed by atoms with E-state index in [0.29, 0.717) is 19.5 Å². The Hall–Kier alpha value is -3.72. The number of ether oxygens (including phenoxy) is 2. The Morgan fingerprint density at radius 2 is 2.05 bits per heavy atom. The number of likely N-dealkylation sites (tertiary alicyclic amines) is 1. The molecule has 0 saturated carbocycles. The molecule has 39 heavy (non-hydrogen) atoms. The summed E-state index contributed by atoms with van der Waals surface area (Å²) in [7, 11) is 1.70. The minimum Gasteiger partial charge on any atom is -0.447 e. The first kappa shape index (κ1) is 29.8. The van der Waals surface area contributed by atoms with E-state index >= 15 is 0 Å². The molecule has 1 aliphatic heterocycles. The average molecular weight is 553 g/mol. The van der Waals surface area contributed by atoms with Gasteiger partial charge in [0.05, 0.1) is 31.3 Å². The molecule has 0 aliphatic carbocycles. The third-order valence-electron chi connectivity index (χ3n) is 6.31. The van der Waals surface area contributed by atoms with Crippen molar-refractivity contribution in [1.29, 1.82) is 0 Å². The van der Waals surface area contributed by atoms with Crippen molar-refractivity contribution < 1.29 is 32.6 Å². The van der Waals surface area contributed by atoms with Crippen LogP contribution >= 0.6 is 0 Å². The van der Waals surface area contributed by atoms with Crippen LogP contribution in [0.1, 0.15) is 44.6 Å². The van der Waals surface area contributed by atoms with Crippen molar-refractivity contribution in [1.82, 2.24) is 35.3 Å². The SMILES string of the molecule is CC(=O)N(C)C1CCN(C(=O)OCCn2nnnc2C(COCc2ccc(F)cc2F)NC(=O)C(C)(C)N)C1. The molecule has 13 nitrogen and oxygen atoms in total. The van der Waals surface area contributed by atoms with Crippen molar-refractivity contribution >= 4 is 17.9 Å². The van der Waals surface area contributed by atoms with Gasteiger partial charge in [0.1, 0.15) is 24.3 Å². The Morgan fingerprint density at radius 1 is 1.31 bits per heavy atom. The Morgan fingerprint density at radius 3 is 2.72 bits per heavy atom. The molecule has 0 radical (unpaired) electrons. The molecule has 2 unspecified atom stereocenters. The third-order valence-corrected chi connectivity index (χ3v) is 6.31. The van der Waals surface area contributed by atoms with Gasteiger partial charge in [0.15, 0.2) is 5.82 Å². The summed E-state index contributed by atoms with van der Waals surface area (Å²) in [6.07, 6.45) is 0.131. The smallest absolute Gasteiger partial charge is 0.409 e. The number of hydrogen-bond donors (Lipinski definition) is 2. The normalized spacial score (nSPS) is 16.2. The second-order valence-electron chi connectivity index (χ2n) is 9.89. The van der Waals surface area contributed by atoms with E-state index in [9.17, 15) is 23.2 Å². The maximum atomic E-state index is 14.0. The number of nitrogens with one attached hydrogen (secondary N) is 1. The number of likely N-dealkylation sites (N-methyl/N-ethyl adjacent to an activating group) is 1. The first-order valence-electron chi connectivity index (χ1n) is 12.4. The maximum Gasteiger partial charge on any atom is 0.409 e. The van der Waals surface area contributed by atoms with E-state index in [0.717, 1.165) is 12.1 Å². The fraction of sp³-hybridized carbons (Fsp3) is 0.583. The summed E-state index contributed by atoms with van der Waals surface area (Å²) in [5.74, 6) is -1.86. The molecule has 0 spiro atoms. The van der Waals surface area contributed by atoms with Gasteiger partial charge >= 0.3 is 6.09 Å². The van der Waals surface area contributed by atoms with Gasteiger partial charge in [-0.1, -0.05) is 6.07 Å². The first-order valence-corrected chi connectivity index (χ1v) is 12.4. The lowest BCUT2D eigenvalue weighted by Crippen LogP contribution is -2.51. The molecular formula is C24H34F2N8O5. The standard InChI is InChI=1S/C24H34F2N8O5/c1-15(35)32(4)18-7-8-33(12-18)23(37)39-10-9-34-21(29-30-31-34)20(28-22(36)24(2,3)27)14-38-13-16-5-6-17(25)11-19(16)26/h5-6,11,18,20H,7-10,12-14,27H2,1-4H3,(H,28,36). The van der Waals surface area contributed by atoms with Gasteiger partial charge < -0.3 is 30.3 Å². The number of carbonyl (C=O) groups excluding carboxylic acids is 3. The lowest BCUT2D eigenvalue weighted by atomic mass is 10.1. The Labute approximate surface area is 224 Å². The summed E-state index contributed by atoms with van der Waals surface area (Å²) in [5, 5.41) is 14.3. The fourth-order valence-corrected chi connectivity index (χ4v) is 3.86. The average Bonchev–Trinajstić information content (AvgIpc) is 3.53. The number of amides is 3. The van der Waals surface area contributed by atoms with Gasteiger partial charge in [-0.2, -0.15) is 0 Å². The molecule has 3 amide bonds. The van der Waals surface area contributed by atoms with E-state index in [2.05, 4.69) is 20.8 Å². The number of nitrogens with two attached hydrogens (primary N) is 1. The highest BCUT2D eigenvalue weighted by Gasteiger charge is 2.31. The number of tetrazole rings is 1. The van der Waals surface area contributed by atoms with E-state index in [-0.39, 0.29) is 49.7 Å². The minimum atomic E-state index is -1.22. The molecule has 0 bridgehead atoms. The van der Waals surface area contributed by atoms with Crippen LogP contribution in [0.3, 0.4) is 0 Å². The molecule has 1 aromatic heterocycles. The maximum absolute atomic E-state index is 14.0. The van der Waals surface area contributed by atoms with Crippen LogP contribution in [0, 0.1) is 11.6 Å². The Kier molecular flexibility index (Phi) is 9.86. The second kappa shape index (κ2) is 12.9. The topological polar surface area (TPSA) is 158 Å². The number of nitrogens with zero attached hydrogens (tertiary/aromatic N) is 6. The lowest BCUT2D eigenvalue weighted by molar-refractivity contribution is -0.129. The van der Waals surface area contributed by atoms with Crippen molar-refractivity contribution in [3.05, 3.63) is 41.2 Å². The summed E-state index contributed by atoms with van der Waals surface area (Å²) >= 11 is 0. The van der Waals surface area contributed by atoms with Gasteiger partial charge in [-0.25, -0.2) is 18.3 Å². The van der Waals surface area contributed by atoms with E-state index in [1.807, 2.05) is 0 Å². The van der Waals surface area contributed by atoms with Crippen LogP contribution in [0.15, 0.2) is 18.2 Å². The molecule has 3 N–H and O–H groups in total. The monoisotopic (exact) mass is 552 g/mol. The van der Waals surface area contributed by atoms with Gasteiger partial charge in [0.25, 0.3) is 0 Å². The zero-order valence-corrected chi connectivity index (χ0v) is 22.4. The molecule has 1 aliphatic rings. The Bertz CT molecular complexity index is 1170. The fourth-order valence-electron chi connectivity index (χ4n) is 3.86. The number of aromatic nitrogens is 4. The minimum absolute atomic E-state index is 0.0642. The zero-order valence-electron chi connectivity index (χ0n) is 22.4.